The first-order chi connectivity index (χ1) is 15.6. The molecule has 15 heteroatoms. The lowest BCUT2D eigenvalue weighted by Gasteiger charge is -2.11. The third-order valence-electron chi connectivity index (χ3n) is 4.03. The average molecular weight is 473 g/mol. The van der Waals surface area contributed by atoms with E-state index in [9.17, 15) is 26.7 Å². The molecule has 0 radical (unpaired) electrons. The maximum atomic E-state index is 12.9. The number of aromatic nitrogens is 5. The molecule has 0 saturated heterocycles. The fourth-order valence-electron chi connectivity index (χ4n) is 2.61. The Morgan fingerprint density at radius 3 is 2.64 bits per heavy atom. The van der Waals surface area contributed by atoms with Gasteiger partial charge in [0.2, 0.25) is 0 Å². The summed E-state index contributed by atoms with van der Waals surface area (Å²) in [5, 5.41) is 6.73. The van der Waals surface area contributed by atoms with E-state index < -0.39 is 31.0 Å². The zero-order valence-corrected chi connectivity index (χ0v) is 16.8. The van der Waals surface area contributed by atoms with Crippen molar-refractivity contribution in [2.45, 2.75) is 19.1 Å². The van der Waals surface area contributed by atoms with E-state index in [1.54, 1.807) is 0 Å². The molecule has 10 nitrogen and oxygen atoms in total. The second kappa shape index (κ2) is 9.62. The minimum Gasteiger partial charge on any atom is -0.496 e. The van der Waals surface area contributed by atoms with Gasteiger partial charge in [-0.25, -0.2) is 28.5 Å². The van der Waals surface area contributed by atoms with Crippen molar-refractivity contribution in [3.63, 3.8) is 0 Å². The van der Waals surface area contributed by atoms with Gasteiger partial charge in [-0.2, -0.15) is 18.3 Å². The summed E-state index contributed by atoms with van der Waals surface area (Å²) >= 11 is 0. The Morgan fingerprint density at radius 1 is 1.21 bits per heavy atom. The summed E-state index contributed by atoms with van der Waals surface area (Å²) in [6, 6.07) is 2.72. The Balaban J connectivity index is 1.72. The average Bonchev–Trinajstić information content (AvgIpc) is 3.21. The third-order valence-corrected chi connectivity index (χ3v) is 4.03. The van der Waals surface area contributed by atoms with Crippen LogP contribution in [0.1, 0.15) is 12.2 Å². The van der Waals surface area contributed by atoms with Gasteiger partial charge in [0.1, 0.15) is 29.8 Å². The Morgan fingerprint density at radius 2 is 1.97 bits per heavy atom. The van der Waals surface area contributed by atoms with E-state index in [0.29, 0.717) is 16.9 Å². The van der Waals surface area contributed by atoms with Gasteiger partial charge in [0.25, 0.3) is 6.43 Å². The van der Waals surface area contributed by atoms with E-state index in [1.807, 2.05) is 0 Å². The highest BCUT2D eigenvalue weighted by Gasteiger charge is 2.40. The fourth-order valence-corrected chi connectivity index (χ4v) is 2.61. The number of nitrogen functional groups attached to an aromatic ring is 1. The lowest BCUT2D eigenvalue weighted by atomic mass is 10.1. The number of nitrogens with zero attached hydrogens (tertiary/aromatic N) is 5. The predicted molar refractivity (Wildman–Crippen MR) is 104 cm³/mol. The molecule has 0 aromatic carbocycles. The molecule has 3 heterocycles. The zero-order chi connectivity index (χ0) is 24.2. The molecular weight excluding hydrogens is 457 g/mol. The molecule has 3 rings (SSSR count). The molecule has 0 amide bonds. The fraction of sp³-hybridized carbons (Fsp3) is 0.278. The predicted octanol–water partition coefficient (Wildman–Crippen LogP) is 3.11. The number of esters is 1. The second-order valence-corrected chi connectivity index (χ2v) is 6.36. The molecule has 0 atom stereocenters. The molecular formula is C18H16F5N7O3. The van der Waals surface area contributed by atoms with Crippen molar-refractivity contribution in [1.29, 1.82) is 0 Å². The minimum atomic E-state index is -5.07. The lowest BCUT2D eigenvalue weighted by molar-refractivity contribution is -0.199. The highest BCUT2D eigenvalue weighted by molar-refractivity contribution is 5.75. The van der Waals surface area contributed by atoms with Crippen molar-refractivity contribution < 1.29 is 36.2 Å². The Labute approximate surface area is 182 Å². The van der Waals surface area contributed by atoms with Crippen LogP contribution in [0.5, 0.6) is 5.75 Å². The van der Waals surface area contributed by atoms with Crippen LogP contribution in [0.3, 0.4) is 0 Å². The Hall–Kier alpha value is -4.04. The van der Waals surface area contributed by atoms with Crippen LogP contribution in [-0.2, 0) is 16.1 Å². The normalized spacial score (nSPS) is 11.5. The highest BCUT2D eigenvalue weighted by Crippen LogP contribution is 2.31. The van der Waals surface area contributed by atoms with Gasteiger partial charge < -0.3 is 20.5 Å². The van der Waals surface area contributed by atoms with Gasteiger partial charge in [0.05, 0.1) is 19.9 Å². The molecule has 0 unspecified atom stereocenters. The number of halogens is 5. The molecule has 0 aliphatic rings. The van der Waals surface area contributed by atoms with Crippen molar-refractivity contribution in [3.8, 4) is 16.9 Å². The Kier molecular flexibility index (Phi) is 6.89. The second-order valence-electron chi connectivity index (χ2n) is 6.36. The number of carbonyl (C=O) groups excluding carboxylic acids is 1. The molecule has 0 saturated carbocycles. The number of pyridine rings is 1. The summed E-state index contributed by atoms with van der Waals surface area (Å²) < 4.78 is 73.0. The van der Waals surface area contributed by atoms with Crippen LogP contribution in [0.15, 0.2) is 30.7 Å². The SMILES string of the molecule is COc1cc(Nc2cc(N)nc(C(F)F)n2)ncc1-c1cnn(CCOC(=O)C(F)(F)F)c1. The zero-order valence-electron chi connectivity index (χ0n) is 16.8. The van der Waals surface area contributed by atoms with Gasteiger partial charge in [0, 0.05) is 35.7 Å². The number of hydrogen-bond donors (Lipinski definition) is 2. The van der Waals surface area contributed by atoms with Gasteiger partial charge in [-0.1, -0.05) is 0 Å². The molecule has 0 spiro atoms. The number of carbonyl (C=O) groups is 1. The molecule has 3 aromatic heterocycles. The number of nitrogens with one attached hydrogen (secondary N) is 1. The first-order valence-electron chi connectivity index (χ1n) is 9.07. The number of methoxy groups -OCH3 is 1. The topological polar surface area (TPSA) is 130 Å². The summed E-state index contributed by atoms with van der Waals surface area (Å²) in [6.07, 6.45) is -3.66. The van der Waals surface area contributed by atoms with E-state index in [-0.39, 0.29) is 24.0 Å². The van der Waals surface area contributed by atoms with E-state index >= 15 is 0 Å². The van der Waals surface area contributed by atoms with Crippen molar-refractivity contribution in [1.82, 2.24) is 24.7 Å². The summed E-state index contributed by atoms with van der Waals surface area (Å²) in [4.78, 5) is 22.0. The van der Waals surface area contributed by atoms with Gasteiger partial charge >= 0.3 is 12.1 Å². The number of alkyl halides is 5. The van der Waals surface area contributed by atoms with Gasteiger partial charge in [-0.3, -0.25) is 4.68 Å². The molecule has 33 heavy (non-hydrogen) atoms. The molecule has 3 aromatic rings. The number of hydrogen-bond acceptors (Lipinski definition) is 9. The molecule has 0 aliphatic heterocycles. The maximum absolute atomic E-state index is 12.9. The van der Waals surface area contributed by atoms with Crippen LogP contribution in [0.2, 0.25) is 0 Å². The molecule has 0 aliphatic carbocycles. The quantitative estimate of drug-likeness (QED) is 0.374. The molecule has 3 N–H and O–H groups in total. The number of nitrogens with two attached hydrogens (primary N) is 1. The van der Waals surface area contributed by atoms with Crippen LogP contribution in [-0.4, -0.2) is 50.6 Å². The highest BCUT2D eigenvalue weighted by atomic mass is 19.4. The monoisotopic (exact) mass is 473 g/mol. The van der Waals surface area contributed by atoms with Crippen LogP contribution in [0.4, 0.5) is 39.4 Å². The number of ether oxygens (including phenoxy) is 2. The van der Waals surface area contributed by atoms with Crippen LogP contribution in [0.25, 0.3) is 11.1 Å². The van der Waals surface area contributed by atoms with Crippen molar-refractivity contribution in [2.75, 3.05) is 24.8 Å². The largest absolute Gasteiger partial charge is 0.496 e. The standard InChI is InChI=1S/C18H16F5N7O3/c1-32-11-4-13(28-14-5-12(24)27-16(29-14)15(19)20)25-7-10(11)9-6-26-30(8-9)2-3-33-17(31)18(21,22)23/h4-8,15H,2-3H2,1H3,(H3,24,25,27,28,29). The van der Waals surface area contributed by atoms with Crippen molar-refractivity contribution >= 4 is 23.4 Å². The minimum absolute atomic E-state index is 0.00123. The van der Waals surface area contributed by atoms with E-state index in [4.69, 9.17) is 10.5 Å². The van der Waals surface area contributed by atoms with Crippen molar-refractivity contribution in [3.05, 3.63) is 36.5 Å². The molecule has 176 valence electrons. The summed E-state index contributed by atoms with van der Waals surface area (Å²) in [5.74, 6) is -2.64. The maximum Gasteiger partial charge on any atom is 0.490 e. The van der Waals surface area contributed by atoms with Gasteiger partial charge in [-0.05, 0) is 0 Å². The third kappa shape index (κ3) is 6.02. The van der Waals surface area contributed by atoms with Crippen LogP contribution >= 0.6 is 0 Å². The van der Waals surface area contributed by atoms with Crippen LogP contribution < -0.4 is 15.8 Å². The number of anilines is 3. The summed E-state index contributed by atoms with van der Waals surface area (Å²) in [5.41, 5.74) is 6.52. The number of rotatable bonds is 8. The van der Waals surface area contributed by atoms with E-state index in [0.717, 1.165) is 0 Å². The molecule has 0 fully saturated rings. The first kappa shape index (κ1) is 23.6. The van der Waals surface area contributed by atoms with E-state index in [1.165, 1.54) is 42.5 Å². The van der Waals surface area contributed by atoms with Gasteiger partial charge in [-0.15, -0.1) is 0 Å². The lowest BCUT2D eigenvalue weighted by Crippen LogP contribution is -2.26. The Bertz CT molecular complexity index is 1140. The first-order valence-corrected chi connectivity index (χ1v) is 9.07. The molecule has 0 bridgehead atoms. The van der Waals surface area contributed by atoms with Crippen molar-refractivity contribution in [2.24, 2.45) is 0 Å². The summed E-state index contributed by atoms with van der Waals surface area (Å²) in [7, 11) is 1.39. The van der Waals surface area contributed by atoms with Crippen LogP contribution in [0, 0.1) is 0 Å². The summed E-state index contributed by atoms with van der Waals surface area (Å²) in [6.45, 7) is -0.640. The van der Waals surface area contributed by atoms with E-state index in [2.05, 4.69) is 30.1 Å². The smallest absolute Gasteiger partial charge is 0.490 e. The van der Waals surface area contributed by atoms with Gasteiger partial charge in [0.15, 0.2) is 5.82 Å².